The minimum absolute atomic E-state index is 0.130. The summed E-state index contributed by atoms with van der Waals surface area (Å²) in [7, 11) is 0. The van der Waals surface area contributed by atoms with Gasteiger partial charge in [-0.05, 0) is 46.9 Å². The van der Waals surface area contributed by atoms with Gasteiger partial charge in [-0.25, -0.2) is 10.4 Å². The predicted octanol–water partition coefficient (Wildman–Crippen LogP) is 4.61. The van der Waals surface area contributed by atoms with E-state index in [-0.39, 0.29) is 17.4 Å². The summed E-state index contributed by atoms with van der Waals surface area (Å²) in [6, 6.07) is 11.4. The molecule has 25 heavy (non-hydrogen) atoms. The minimum atomic E-state index is -0.232. The highest BCUT2D eigenvalue weighted by molar-refractivity contribution is 14.1. The molecule has 9 heteroatoms. The van der Waals surface area contributed by atoms with Gasteiger partial charge in [-0.15, -0.1) is 11.3 Å². The van der Waals surface area contributed by atoms with Gasteiger partial charge in [0.05, 0.1) is 25.8 Å². The first-order valence-electron chi connectivity index (χ1n) is 7.01. The summed E-state index contributed by atoms with van der Waals surface area (Å²) in [5, 5.41) is 13.9. The van der Waals surface area contributed by atoms with E-state index in [0.717, 1.165) is 19.0 Å². The molecule has 0 fully saturated rings. The van der Waals surface area contributed by atoms with E-state index in [9.17, 15) is 9.90 Å². The molecular formula is C16H11BrIN3O2S2. The van der Waals surface area contributed by atoms with Crippen LogP contribution in [0.3, 0.4) is 0 Å². The highest BCUT2D eigenvalue weighted by atomic mass is 127. The molecule has 2 aromatic carbocycles. The number of hydrazone groups is 1. The molecule has 0 aliphatic heterocycles. The minimum Gasteiger partial charge on any atom is -0.506 e. The van der Waals surface area contributed by atoms with Gasteiger partial charge in [0.15, 0.2) is 4.34 Å². The van der Waals surface area contributed by atoms with Crippen molar-refractivity contribution < 1.29 is 9.90 Å². The maximum absolute atomic E-state index is 11.9. The van der Waals surface area contributed by atoms with E-state index in [1.807, 2.05) is 46.9 Å². The molecule has 0 spiro atoms. The molecule has 0 aliphatic rings. The molecule has 0 radical (unpaired) electrons. The number of thioether (sulfide) groups is 1. The summed E-state index contributed by atoms with van der Waals surface area (Å²) in [6.07, 6.45) is 1.42. The first-order chi connectivity index (χ1) is 12.0. The Labute approximate surface area is 174 Å². The molecule has 2 N–H and O–H groups in total. The topological polar surface area (TPSA) is 74.6 Å². The lowest BCUT2D eigenvalue weighted by Crippen LogP contribution is -2.19. The lowest BCUT2D eigenvalue weighted by atomic mass is 10.2. The lowest BCUT2D eigenvalue weighted by molar-refractivity contribution is -0.118. The molecule has 0 saturated carbocycles. The summed E-state index contributed by atoms with van der Waals surface area (Å²) in [4.78, 5) is 16.4. The average molecular weight is 548 g/mol. The van der Waals surface area contributed by atoms with Crippen LogP contribution in [0, 0.1) is 3.57 Å². The molecule has 0 unspecified atom stereocenters. The van der Waals surface area contributed by atoms with Crippen LogP contribution in [0.1, 0.15) is 5.56 Å². The number of thiazole rings is 1. The van der Waals surface area contributed by atoms with Crippen molar-refractivity contribution in [3.05, 3.63) is 50.0 Å². The monoisotopic (exact) mass is 547 g/mol. The number of rotatable bonds is 5. The van der Waals surface area contributed by atoms with E-state index >= 15 is 0 Å². The zero-order valence-corrected chi connectivity index (χ0v) is 17.9. The van der Waals surface area contributed by atoms with Gasteiger partial charge in [-0.2, -0.15) is 5.10 Å². The maximum atomic E-state index is 11.9. The van der Waals surface area contributed by atoms with Gasteiger partial charge in [0, 0.05) is 10.0 Å². The van der Waals surface area contributed by atoms with E-state index in [2.05, 4.69) is 31.4 Å². The molecule has 0 saturated heterocycles. The Balaban J connectivity index is 1.56. The molecule has 128 valence electrons. The quantitative estimate of drug-likeness (QED) is 0.212. The van der Waals surface area contributed by atoms with Crippen LogP contribution in [0.5, 0.6) is 5.75 Å². The van der Waals surface area contributed by atoms with Gasteiger partial charge in [0.1, 0.15) is 5.75 Å². The second-order valence-corrected chi connectivity index (χ2v) is 9.19. The molecule has 1 heterocycles. The number of carbonyl (C=O) groups is 1. The van der Waals surface area contributed by atoms with Crippen LogP contribution in [0.4, 0.5) is 0 Å². The number of carbonyl (C=O) groups excluding carboxylic acids is 1. The van der Waals surface area contributed by atoms with Crippen LogP contribution in [0.25, 0.3) is 10.2 Å². The smallest absolute Gasteiger partial charge is 0.250 e. The van der Waals surface area contributed by atoms with E-state index < -0.39 is 0 Å². The summed E-state index contributed by atoms with van der Waals surface area (Å²) in [5.41, 5.74) is 3.92. The van der Waals surface area contributed by atoms with Crippen molar-refractivity contribution in [2.45, 2.75) is 4.34 Å². The van der Waals surface area contributed by atoms with Crippen molar-refractivity contribution in [2.24, 2.45) is 5.10 Å². The molecule has 0 bridgehead atoms. The zero-order valence-electron chi connectivity index (χ0n) is 12.6. The Morgan fingerprint density at radius 3 is 3.04 bits per heavy atom. The third kappa shape index (κ3) is 4.93. The normalized spacial score (nSPS) is 11.3. The van der Waals surface area contributed by atoms with Crippen molar-refractivity contribution in [1.29, 1.82) is 0 Å². The first-order valence-corrected chi connectivity index (χ1v) is 10.7. The number of halogens is 2. The van der Waals surface area contributed by atoms with Crippen LogP contribution in [0.2, 0.25) is 0 Å². The van der Waals surface area contributed by atoms with Gasteiger partial charge >= 0.3 is 0 Å². The van der Waals surface area contributed by atoms with Gasteiger partial charge in [-0.3, -0.25) is 4.79 Å². The SMILES string of the molecule is O=C(CSc1nc2ccccc2s1)N/N=C/c1cc(Br)cc(I)c1O. The molecule has 5 nitrogen and oxygen atoms in total. The molecule has 3 aromatic rings. The van der Waals surface area contributed by atoms with Crippen LogP contribution >= 0.6 is 61.6 Å². The molecule has 3 rings (SSSR count). The molecule has 0 atom stereocenters. The van der Waals surface area contributed by atoms with Crippen molar-refractivity contribution in [1.82, 2.24) is 10.4 Å². The number of nitrogens with one attached hydrogen (secondary N) is 1. The van der Waals surface area contributed by atoms with Crippen LogP contribution in [-0.4, -0.2) is 28.0 Å². The fourth-order valence-electron chi connectivity index (χ4n) is 1.93. The number of nitrogens with zero attached hydrogens (tertiary/aromatic N) is 2. The number of hydrogen-bond acceptors (Lipinski definition) is 6. The lowest BCUT2D eigenvalue weighted by Gasteiger charge is -2.03. The molecule has 1 amide bonds. The Morgan fingerprint density at radius 2 is 2.24 bits per heavy atom. The van der Waals surface area contributed by atoms with Crippen LogP contribution in [-0.2, 0) is 4.79 Å². The maximum Gasteiger partial charge on any atom is 0.250 e. The third-order valence-electron chi connectivity index (χ3n) is 3.05. The van der Waals surface area contributed by atoms with Crippen molar-refractivity contribution in [3.8, 4) is 5.75 Å². The van der Waals surface area contributed by atoms with Crippen molar-refractivity contribution >= 4 is 84.0 Å². The molecule has 0 aliphatic carbocycles. The Morgan fingerprint density at radius 1 is 1.44 bits per heavy atom. The number of fused-ring (bicyclic) bond motifs is 1. The van der Waals surface area contributed by atoms with E-state index in [0.29, 0.717) is 9.13 Å². The first kappa shape index (κ1) is 18.6. The average Bonchev–Trinajstić information content (AvgIpc) is 3.00. The third-order valence-corrected chi connectivity index (χ3v) is 6.51. The summed E-state index contributed by atoms with van der Waals surface area (Å²) < 4.78 is 3.47. The van der Waals surface area contributed by atoms with Gasteiger partial charge in [0.2, 0.25) is 0 Å². The number of phenols is 1. The van der Waals surface area contributed by atoms with E-state index in [1.165, 1.54) is 18.0 Å². The standard InChI is InChI=1S/C16H11BrIN3O2S2/c17-10-5-9(15(23)11(18)6-10)7-19-21-14(22)8-24-16-20-12-3-1-2-4-13(12)25-16/h1-7,23H,8H2,(H,21,22)/b19-7+. The second kappa shape index (κ2) is 8.47. The Kier molecular flexibility index (Phi) is 6.31. The predicted molar refractivity (Wildman–Crippen MR) is 115 cm³/mol. The van der Waals surface area contributed by atoms with Crippen LogP contribution < -0.4 is 5.43 Å². The fraction of sp³-hybridized carbons (Fsp3) is 0.0625. The van der Waals surface area contributed by atoms with Gasteiger partial charge in [-0.1, -0.05) is 39.8 Å². The van der Waals surface area contributed by atoms with Crippen molar-refractivity contribution in [3.63, 3.8) is 0 Å². The number of para-hydroxylation sites is 1. The molecule has 1 aromatic heterocycles. The summed E-state index contributed by atoms with van der Waals surface area (Å²) in [5.74, 6) is 0.120. The summed E-state index contributed by atoms with van der Waals surface area (Å²) >= 11 is 8.32. The molecular weight excluding hydrogens is 537 g/mol. The largest absolute Gasteiger partial charge is 0.506 e. The Hall–Kier alpha value is -1.17. The number of amides is 1. The fourth-order valence-corrected chi connectivity index (χ4v) is 5.34. The summed E-state index contributed by atoms with van der Waals surface area (Å²) in [6.45, 7) is 0. The van der Waals surface area contributed by atoms with E-state index in [1.54, 1.807) is 23.5 Å². The van der Waals surface area contributed by atoms with Crippen molar-refractivity contribution in [2.75, 3.05) is 5.75 Å². The zero-order chi connectivity index (χ0) is 17.8. The van der Waals surface area contributed by atoms with Crippen LogP contribution in [0.15, 0.2) is 50.3 Å². The number of aromatic hydroxyl groups is 1. The number of phenolic OH excluding ortho intramolecular Hbond substituents is 1. The Bertz CT molecular complexity index is 929. The highest BCUT2D eigenvalue weighted by Crippen LogP contribution is 2.29. The highest BCUT2D eigenvalue weighted by Gasteiger charge is 2.08. The van der Waals surface area contributed by atoms with E-state index in [4.69, 9.17) is 0 Å². The number of aromatic nitrogens is 1. The number of hydrogen-bond donors (Lipinski definition) is 2. The second-order valence-electron chi connectivity index (χ2n) is 4.85. The number of benzene rings is 2. The van der Waals surface area contributed by atoms with Gasteiger partial charge < -0.3 is 5.11 Å². The van der Waals surface area contributed by atoms with Gasteiger partial charge in [0.25, 0.3) is 5.91 Å².